The predicted molar refractivity (Wildman–Crippen MR) is 69.5 cm³/mol. The van der Waals surface area contributed by atoms with Gasteiger partial charge in [0.05, 0.1) is 18.5 Å². The lowest BCUT2D eigenvalue weighted by Crippen LogP contribution is -2.25. The number of nitrogens with two attached hydrogens (primary N) is 1. The van der Waals surface area contributed by atoms with E-state index in [-0.39, 0.29) is 6.04 Å². The van der Waals surface area contributed by atoms with Crippen LogP contribution in [0.2, 0.25) is 0 Å². The van der Waals surface area contributed by atoms with E-state index >= 15 is 0 Å². The minimum atomic E-state index is 0.288. The third kappa shape index (κ3) is 4.92. The van der Waals surface area contributed by atoms with Gasteiger partial charge in [-0.05, 0) is 47.4 Å². The van der Waals surface area contributed by atoms with E-state index in [9.17, 15) is 0 Å². The molecule has 0 fully saturated rings. The van der Waals surface area contributed by atoms with Gasteiger partial charge in [-0.2, -0.15) is 0 Å². The molecule has 3 N–H and O–H groups in total. The lowest BCUT2D eigenvalue weighted by Gasteiger charge is -2.18. The van der Waals surface area contributed by atoms with Gasteiger partial charge in [-0.25, -0.2) is 4.98 Å². The Morgan fingerprint density at radius 2 is 2.38 bits per heavy atom. The van der Waals surface area contributed by atoms with Crippen LogP contribution in [0.4, 0.5) is 5.69 Å². The van der Waals surface area contributed by atoms with E-state index < -0.39 is 0 Å². The molecule has 0 aliphatic rings. The normalized spacial score (nSPS) is 12.4. The summed E-state index contributed by atoms with van der Waals surface area (Å²) in [6.45, 7) is 1.39. The molecule has 1 atom stereocenters. The first kappa shape index (κ1) is 13.4. The van der Waals surface area contributed by atoms with Crippen LogP contribution in [0.3, 0.4) is 0 Å². The van der Waals surface area contributed by atoms with Gasteiger partial charge in [0.25, 0.3) is 0 Å². The molecule has 0 aliphatic heterocycles. The molecule has 0 spiro atoms. The van der Waals surface area contributed by atoms with E-state index in [1.165, 1.54) is 0 Å². The number of nitrogens with zero attached hydrogens (tertiary/aromatic N) is 1. The average molecular weight is 288 g/mol. The molecule has 1 heterocycles. The maximum absolute atomic E-state index is 5.50. The van der Waals surface area contributed by atoms with E-state index in [0.717, 1.165) is 23.1 Å². The summed E-state index contributed by atoms with van der Waals surface area (Å²) in [5, 5.41) is 3.38. The standard InChI is InChI=1S/C11H18BrN3O/c1-16-8-10(3-2-6-13)15-9-4-5-11(12)14-7-9/h4-5,7,10,15H,2-3,6,8,13H2,1H3. The Bertz CT molecular complexity index is 292. The summed E-state index contributed by atoms with van der Waals surface area (Å²) in [4.78, 5) is 4.16. The second-order valence-corrected chi connectivity index (χ2v) is 4.41. The first-order valence-corrected chi connectivity index (χ1v) is 6.12. The van der Waals surface area contributed by atoms with Crippen molar-refractivity contribution >= 4 is 21.6 Å². The highest BCUT2D eigenvalue weighted by Crippen LogP contribution is 2.13. The number of aromatic nitrogens is 1. The van der Waals surface area contributed by atoms with Crippen LogP contribution in [-0.4, -0.2) is 31.3 Å². The highest BCUT2D eigenvalue weighted by molar-refractivity contribution is 9.10. The van der Waals surface area contributed by atoms with Gasteiger partial charge in [-0.3, -0.25) is 0 Å². The molecule has 16 heavy (non-hydrogen) atoms. The quantitative estimate of drug-likeness (QED) is 0.753. The van der Waals surface area contributed by atoms with Crippen LogP contribution < -0.4 is 11.1 Å². The Hall–Kier alpha value is -0.650. The molecule has 0 aliphatic carbocycles. The molecular weight excluding hydrogens is 270 g/mol. The van der Waals surface area contributed by atoms with Gasteiger partial charge in [0, 0.05) is 13.2 Å². The Labute approximate surface area is 105 Å². The predicted octanol–water partition coefficient (Wildman–Crippen LogP) is 2.01. The SMILES string of the molecule is COCC(CCCN)Nc1ccc(Br)nc1. The minimum absolute atomic E-state index is 0.288. The third-order valence-corrected chi connectivity index (χ3v) is 2.69. The van der Waals surface area contributed by atoms with Gasteiger partial charge >= 0.3 is 0 Å². The first-order valence-electron chi connectivity index (χ1n) is 5.33. The largest absolute Gasteiger partial charge is 0.383 e. The van der Waals surface area contributed by atoms with Crippen LogP contribution >= 0.6 is 15.9 Å². The van der Waals surface area contributed by atoms with Gasteiger partial charge in [0.2, 0.25) is 0 Å². The van der Waals surface area contributed by atoms with Crippen LogP contribution in [0.5, 0.6) is 0 Å². The van der Waals surface area contributed by atoms with Gasteiger partial charge in [-0.15, -0.1) is 0 Å². The summed E-state index contributed by atoms with van der Waals surface area (Å²) < 4.78 is 6.00. The fourth-order valence-electron chi connectivity index (χ4n) is 1.46. The zero-order valence-corrected chi connectivity index (χ0v) is 11.0. The maximum atomic E-state index is 5.50. The fourth-order valence-corrected chi connectivity index (χ4v) is 1.69. The lowest BCUT2D eigenvalue weighted by molar-refractivity contribution is 0.182. The van der Waals surface area contributed by atoms with Crippen molar-refractivity contribution < 1.29 is 4.74 Å². The third-order valence-electron chi connectivity index (χ3n) is 2.22. The van der Waals surface area contributed by atoms with Gasteiger partial charge in [0.1, 0.15) is 4.60 Å². The molecule has 0 bridgehead atoms. The van der Waals surface area contributed by atoms with E-state index in [0.29, 0.717) is 13.2 Å². The molecular formula is C11H18BrN3O. The number of pyridine rings is 1. The summed E-state index contributed by atoms with van der Waals surface area (Å²) >= 11 is 3.30. The molecule has 1 aromatic heterocycles. The van der Waals surface area contributed by atoms with E-state index in [1.807, 2.05) is 12.1 Å². The number of hydrogen-bond donors (Lipinski definition) is 2. The number of ether oxygens (including phenoxy) is 1. The van der Waals surface area contributed by atoms with Crippen LogP contribution in [0.1, 0.15) is 12.8 Å². The lowest BCUT2D eigenvalue weighted by atomic mass is 10.1. The number of nitrogens with one attached hydrogen (secondary N) is 1. The Morgan fingerprint density at radius 1 is 1.56 bits per heavy atom. The summed E-state index contributed by atoms with van der Waals surface area (Å²) in [5.41, 5.74) is 6.50. The summed E-state index contributed by atoms with van der Waals surface area (Å²) in [7, 11) is 1.71. The van der Waals surface area contributed by atoms with Crippen LogP contribution in [0.15, 0.2) is 22.9 Å². The molecule has 0 saturated heterocycles. The summed E-state index contributed by atoms with van der Waals surface area (Å²) in [6.07, 6.45) is 3.79. The molecule has 0 radical (unpaired) electrons. The zero-order valence-electron chi connectivity index (χ0n) is 9.45. The van der Waals surface area contributed by atoms with Gasteiger partial charge in [0.15, 0.2) is 0 Å². The molecule has 0 saturated carbocycles. The monoisotopic (exact) mass is 287 g/mol. The summed E-state index contributed by atoms with van der Waals surface area (Å²) in [6, 6.07) is 4.19. The van der Waals surface area contributed by atoms with Crippen molar-refractivity contribution in [1.82, 2.24) is 4.98 Å². The van der Waals surface area contributed by atoms with E-state index in [1.54, 1.807) is 13.3 Å². The molecule has 90 valence electrons. The molecule has 0 amide bonds. The average Bonchev–Trinajstić information content (AvgIpc) is 2.29. The molecule has 1 aromatic rings. The molecule has 1 unspecified atom stereocenters. The number of halogens is 1. The summed E-state index contributed by atoms with van der Waals surface area (Å²) in [5.74, 6) is 0. The topological polar surface area (TPSA) is 60.2 Å². The van der Waals surface area contributed by atoms with Crippen molar-refractivity contribution in [3.63, 3.8) is 0 Å². The second-order valence-electron chi connectivity index (χ2n) is 3.60. The molecule has 1 rings (SSSR count). The highest BCUT2D eigenvalue weighted by atomic mass is 79.9. The maximum Gasteiger partial charge on any atom is 0.106 e. The molecule has 4 nitrogen and oxygen atoms in total. The van der Waals surface area contributed by atoms with Crippen LogP contribution in [0.25, 0.3) is 0 Å². The van der Waals surface area contributed by atoms with Gasteiger partial charge < -0.3 is 15.8 Å². The number of hydrogen-bond acceptors (Lipinski definition) is 4. The van der Waals surface area contributed by atoms with Crippen molar-refractivity contribution in [2.24, 2.45) is 5.73 Å². The van der Waals surface area contributed by atoms with Crippen molar-refractivity contribution in [1.29, 1.82) is 0 Å². The zero-order chi connectivity index (χ0) is 11.8. The number of rotatable bonds is 7. The highest BCUT2D eigenvalue weighted by Gasteiger charge is 2.07. The number of methoxy groups -OCH3 is 1. The van der Waals surface area contributed by atoms with Crippen molar-refractivity contribution in [2.75, 3.05) is 25.6 Å². The fraction of sp³-hybridized carbons (Fsp3) is 0.545. The van der Waals surface area contributed by atoms with Gasteiger partial charge in [-0.1, -0.05) is 0 Å². The smallest absolute Gasteiger partial charge is 0.106 e. The Balaban J connectivity index is 2.49. The van der Waals surface area contributed by atoms with Crippen LogP contribution in [-0.2, 0) is 4.74 Å². The minimum Gasteiger partial charge on any atom is -0.383 e. The van der Waals surface area contributed by atoms with Crippen LogP contribution in [0, 0.1) is 0 Å². The van der Waals surface area contributed by atoms with E-state index in [2.05, 4.69) is 26.2 Å². The van der Waals surface area contributed by atoms with Crippen molar-refractivity contribution in [3.8, 4) is 0 Å². The molecule has 0 aromatic carbocycles. The Kier molecular flexibility index (Phi) is 6.37. The molecule has 5 heteroatoms. The second kappa shape index (κ2) is 7.60. The number of anilines is 1. The first-order chi connectivity index (χ1) is 7.76. The van der Waals surface area contributed by atoms with E-state index in [4.69, 9.17) is 10.5 Å². The Morgan fingerprint density at radius 3 is 2.94 bits per heavy atom. The van der Waals surface area contributed by atoms with Crippen molar-refractivity contribution in [3.05, 3.63) is 22.9 Å². The van der Waals surface area contributed by atoms with Crippen molar-refractivity contribution in [2.45, 2.75) is 18.9 Å².